The molecule has 84 valence electrons. The van der Waals surface area contributed by atoms with Crippen LogP contribution in [-0.4, -0.2) is 11.5 Å². The van der Waals surface area contributed by atoms with Crippen LogP contribution in [-0.2, 0) is 0 Å². The summed E-state index contributed by atoms with van der Waals surface area (Å²) in [5.41, 5.74) is 0.974. The van der Waals surface area contributed by atoms with Crippen LogP contribution in [0.5, 0.6) is 0 Å². The normalized spacial score (nSPS) is 10.2. The standard InChI is InChI=1S/C12H14N2O2/c1-2-3-4-5-10-13-11-6-8-12(9-7-11)14(15)16/h2,4-9,13H,1,3,10H2/b5-4+. The third-order valence-electron chi connectivity index (χ3n) is 1.97. The monoisotopic (exact) mass is 218 g/mol. The molecule has 1 N–H and O–H groups in total. The number of non-ortho nitro benzene ring substituents is 1. The first-order valence-electron chi connectivity index (χ1n) is 4.98. The van der Waals surface area contributed by atoms with Crippen LogP contribution in [0, 0.1) is 10.1 Å². The molecule has 0 aliphatic carbocycles. The zero-order valence-electron chi connectivity index (χ0n) is 8.93. The first-order valence-corrected chi connectivity index (χ1v) is 4.98. The summed E-state index contributed by atoms with van der Waals surface area (Å²) in [6.45, 7) is 4.31. The van der Waals surface area contributed by atoms with Gasteiger partial charge in [-0.1, -0.05) is 18.2 Å². The van der Waals surface area contributed by atoms with Crippen molar-refractivity contribution in [3.05, 3.63) is 59.2 Å². The second kappa shape index (κ2) is 6.40. The molecule has 0 amide bonds. The first kappa shape index (κ1) is 12.0. The summed E-state index contributed by atoms with van der Waals surface area (Å²) in [7, 11) is 0. The molecule has 1 aromatic rings. The Balaban J connectivity index is 2.43. The van der Waals surface area contributed by atoms with E-state index in [-0.39, 0.29) is 5.69 Å². The fourth-order valence-corrected chi connectivity index (χ4v) is 1.15. The van der Waals surface area contributed by atoms with Gasteiger partial charge >= 0.3 is 0 Å². The van der Waals surface area contributed by atoms with Crippen molar-refractivity contribution in [2.45, 2.75) is 6.42 Å². The second-order valence-electron chi connectivity index (χ2n) is 3.18. The van der Waals surface area contributed by atoms with Crippen molar-refractivity contribution in [1.29, 1.82) is 0 Å². The Morgan fingerprint density at radius 3 is 2.56 bits per heavy atom. The van der Waals surface area contributed by atoms with Gasteiger partial charge in [0, 0.05) is 24.4 Å². The average molecular weight is 218 g/mol. The van der Waals surface area contributed by atoms with Crippen molar-refractivity contribution in [3.63, 3.8) is 0 Å². The highest BCUT2D eigenvalue weighted by atomic mass is 16.6. The van der Waals surface area contributed by atoms with E-state index in [4.69, 9.17) is 0 Å². The molecule has 0 aliphatic rings. The maximum absolute atomic E-state index is 10.4. The van der Waals surface area contributed by atoms with Gasteiger partial charge in [-0.3, -0.25) is 10.1 Å². The number of nitrogens with zero attached hydrogens (tertiary/aromatic N) is 1. The van der Waals surface area contributed by atoms with Gasteiger partial charge in [-0.15, -0.1) is 6.58 Å². The lowest BCUT2D eigenvalue weighted by atomic mass is 10.3. The molecule has 1 aromatic carbocycles. The van der Waals surface area contributed by atoms with E-state index in [1.165, 1.54) is 12.1 Å². The smallest absolute Gasteiger partial charge is 0.269 e. The molecule has 0 bridgehead atoms. The summed E-state index contributed by atoms with van der Waals surface area (Å²) in [5.74, 6) is 0. The molecule has 4 nitrogen and oxygen atoms in total. The Hall–Kier alpha value is -2.10. The quantitative estimate of drug-likeness (QED) is 0.453. The lowest BCUT2D eigenvalue weighted by molar-refractivity contribution is -0.384. The Morgan fingerprint density at radius 2 is 2.00 bits per heavy atom. The van der Waals surface area contributed by atoms with Crippen LogP contribution in [0.25, 0.3) is 0 Å². The molecule has 0 aliphatic heterocycles. The lowest BCUT2D eigenvalue weighted by Gasteiger charge is -2.01. The van der Waals surface area contributed by atoms with Gasteiger partial charge in [0.25, 0.3) is 5.69 Å². The molecule has 0 saturated heterocycles. The molecule has 0 unspecified atom stereocenters. The molecule has 0 spiro atoms. The number of anilines is 1. The Bertz CT molecular complexity index is 383. The van der Waals surface area contributed by atoms with Gasteiger partial charge in [0.05, 0.1) is 4.92 Å². The zero-order chi connectivity index (χ0) is 11.8. The predicted octanol–water partition coefficient (Wildman–Crippen LogP) is 3.14. The second-order valence-corrected chi connectivity index (χ2v) is 3.18. The highest BCUT2D eigenvalue weighted by Crippen LogP contribution is 2.14. The number of allylic oxidation sites excluding steroid dienone is 2. The molecule has 4 heteroatoms. The van der Waals surface area contributed by atoms with Gasteiger partial charge in [0.2, 0.25) is 0 Å². The predicted molar refractivity (Wildman–Crippen MR) is 65.5 cm³/mol. The first-order chi connectivity index (χ1) is 7.74. The van der Waals surface area contributed by atoms with E-state index < -0.39 is 4.92 Å². The number of nitrogens with one attached hydrogen (secondary N) is 1. The Kier molecular flexibility index (Phi) is 4.79. The van der Waals surface area contributed by atoms with Crippen LogP contribution in [0.4, 0.5) is 11.4 Å². The molecule has 0 radical (unpaired) electrons. The van der Waals surface area contributed by atoms with E-state index in [1.54, 1.807) is 12.1 Å². The van der Waals surface area contributed by atoms with E-state index in [0.717, 1.165) is 12.1 Å². The van der Waals surface area contributed by atoms with Crippen molar-refractivity contribution in [3.8, 4) is 0 Å². The van der Waals surface area contributed by atoms with Gasteiger partial charge in [-0.05, 0) is 18.6 Å². The number of hydrogen-bond donors (Lipinski definition) is 1. The highest BCUT2D eigenvalue weighted by Gasteiger charge is 2.02. The number of benzene rings is 1. The van der Waals surface area contributed by atoms with Gasteiger partial charge in [0.1, 0.15) is 0 Å². The summed E-state index contributed by atoms with van der Waals surface area (Å²) in [6.07, 6.45) is 6.67. The summed E-state index contributed by atoms with van der Waals surface area (Å²) in [5, 5.41) is 13.5. The van der Waals surface area contributed by atoms with Gasteiger partial charge in [0.15, 0.2) is 0 Å². The minimum atomic E-state index is -0.409. The van der Waals surface area contributed by atoms with Crippen LogP contribution >= 0.6 is 0 Å². The summed E-state index contributed by atoms with van der Waals surface area (Å²) >= 11 is 0. The number of hydrogen-bond acceptors (Lipinski definition) is 3. The van der Waals surface area contributed by atoms with E-state index in [0.29, 0.717) is 6.54 Å². The van der Waals surface area contributed by atoms with Crippen molar-refractivity contribution in [2.24, 2.45) is 0 Å². The molecular formula is C12H14N2O2. The largest absolute Gasteiger partial charge is 0.382 e. The van der Waals surface area contributed by atoms with E-state index in [1.807, 2.05) is 18.2 Å². The Labute approximate surface area is 94.4 Å². The topological polar surface area (TPSA) is 55.2 Å². The van der Waals surface area contributed by atoms with Gasteiger partial charge in [-0.25, -0.2) is 0 Å². The third-order valence-corrected chi connectivity index (χ3v) is 1.97. The summed E-state index contributed by atoms with van der Waals surface area (Å²) < 4.78 is 0. The maximum atomic E-state index is 10.4. The average Bonchev–Trinajstić information content (AvgIpc) is 2.29. The molecular weight excluding hydrogens is 204 g/mol. The summed E-state index contributed by atoms with van der Waals surface area (Å²) in [4.78, 5) is 10.0. The fraction of sp³-hybridized carbons (Fsp3) is 0.167. The van der Waals surface area contributed by atoms with Crippen LogP contribution in [0.1, 0.15) is 6.42 Å². The van der Waals surface area contributed by atoms with Crippen molar-refractivity contribution < 1.29 is 4.92 Å². The molecule has 0 atom stereocenters. The van der Waals surface area contributed by atoms with E-state index in [9.17, 15) is 10.1 Å². The minimum absolute atomic E-state index is 0.104. The number of nitro groups is 1. The van der Waals surface area contributed by atoms with Crippen LogP contribution < -0.4 is 5.32 Å². The van der Waals surface area contributed by atoms with Crippen molar-refractivity contribution in [2.75, 3.05) is 11.9 Å². The summed E-state index contributed by atoms with van der Waals surface area (Å²) in [6, 6.07) is 6.35. The Morgan fingerprint density at radius 1 is 1.31 bits per heavy atom. The van der Waals surface area contributed by atoms with Gasteiger partial charge < -0.3 is 5.32 Å². The zero-order valence-corrected chi connectivity index (χ0v) is 8.93. The molecule has 16 heavy (non-hydrogen) atoms. The minimum Gasteiger partial charge on any atom is -0.382 e. The van der Waals surface area contributed by atoms with Crippen LogP contribution in [0.3, 0.4) is 0 Å². The molecule has 1 rings (SSSR count). The molecule has 0 saturated carbocycles. The third kappa shape index (κ3) is 3.96. The fourth-order valence-electron chi connectivity index (χ4n) is 1.15. The van der Waals surface area contributed by atoms with Gasteiger partial charge in [-0.2, -0.15) is 0 Å². The maximum Gasteiger partial charge on any atom is 0.269 e. The van der Waals surface area contributed by atoms with E-state index >= 15 is 0 Å². The molecule has 0 heterocycles. The molecule has 0 fully saturated rings. The van der Waals surface area contributed by atoms with Crippen molar-refractivity contribution in [1.82, 2.24) is 0 Å². The van der Waals surface area contributed by atoms with E-state index in [2.05, 4.69) is 11.9 Å². The van der Waals surface area contributed by atoms with Crippen LogP contribution in [0.15, 0.2) is 49.1 Å². The lowest BCUT2D eigenvalue weighted by Crippen LogP contribution is -1.98. The van der Waals surface area contributed by atoms with Crippen LogP contribution in [0.2, 0.25) is 0 Å². The SMILES string of the molecule is C=CC/C=C/CNc1ccc([N+](=O)[O-])cc1. The number of rotatable bonds is 6. The van der Waals surface area contributed by atoms with Crippen molar-refractivity contribution >= 4 is 11.4 Å². The highest BCUT2D eigenvalue weighted by molar-refractivity contribution is 5.48. The number of nitro benzene ring substituents is 1. The molecule has 0 aromatic heterocycles.